The van der Waals surface area contributed by atoms with Crippen LogP contribution in [0.25, 0.3) is 0 Å². The zero-order chi connectivity index (χ0) is 10.8. The molecule has 15 heavy (non-hydrogen) atoms. The molecule has 1 aliphatic heterocycles. The van der Waals surface area contributed by atoms with Gasteiger partial charge in [-0.1, -0.05) is 0 Å². The van der Waals surface area contributed by atoms with Gasteiger partial charge in [0.25, 0.3) is 0 Å². The van der Waals surface area contributed by atoms with E-state index in [-0.39, 0.29) is 11.9 Å². The summed E-state index contributed by atoms with van der Waals surface area (Å²) < 4.78 is 10.1. The van der Waals surface area contributed by atoms with Crippen molar-refractivity contribution >= 4 is 11.7 Å². The summed E-state index contributed by atoms with van der Waals surface area (Å²) in [5, 5.41) is 0. The number of rotatable bonds is 1. The molecule has 4 nitrogen and oxygen atoms in total. The Kier molecular flexibility index (Phi) is 2.49. The second-order valence-electron chi connectivity index (χ2n) is 3.60. The molecule has 1 aliphatic rings. The largest absolute Gasteiger partial charge is 0.492 e. The fraction of sp³-hybridized carbons (Fsp3) is 0.364. The van der Waals surface area contributed by atoms with Crippen molar-refractivity contribution in [2.24, 2.45) is 5.92 Å². The van der Waals surface area contributed by atoms with Crippen LogP contribution in [-0.4, -0.2) is 19.7 Å². The second-order valence-corrected chi connectivity index (χ2v) is 3.60. The summed E-state index contributed by atoms with van der Waals surface area (Å²) in [5.41, 5.74) is 7.32. The molecular weight excluding hydrogens is 194 g/mol. The van der Waals surface area contributed by atoms with Gasteiger partial charge in [0.05, 0.1) is 13.0 Å². The third kappa shape index (κ3) is 1.88. The molecule has 0 bridgehead atoms. The lowest BCUT2D eigenvalue weighted by Crippen LogP contribution is -2.29. The van der Waals surface area contributed by atoms with Crippen LogP contribution < -0.4 is 10.5 Å². The number of nitrogens with two attached hydrogens (primary N) is 1. The number of carbonyl (C=O) groups excluding carboxylic acids is 1. The van der Waals surface area contributed by atoms with Gasteiger partial charge in [-0.2, -0.15) is 0 Å². The molecule has 4 heteroatoms. The summed E-state index contributed by atoms with van der Waals surface area (Å²) >= 11 is 0. The highest BCUT2D eigenvalue weighted by Crippen LogP contribution is 2.29. The van der Waals surface area contributed by atoms with Crippen molar-refractivity contribution in [2.45, 2.75) is 6.42 Å². The molecule has 80 valence electrons. The molecule has 1 aromatic rings. The molecule has 1 unspecified atom stereocenters. The van der Waals surface area contributed by atoms with Gasteiger partial charge in [0, 0.05) is 5.69 Å². The van der Waals surface area contributed by atoms with Crippen molar-refractivity contribution in [1.29, 1.82) is 0 Å². The monoisotopic (exact) mass is 207 g/mol. The van der Waals surface area contributed by atoms with E-state index in [1.807, 2.05) is 12.1 Å². The topological polar surface area (TPSA) is 61.5 Å². The molecular formula is C11H13NO3. The number of ether oxygens (including phenoxy) is 2. The third-order valence-electron chi connectivity index (χ3n) is 2.53. The average Bonchev–Trinajstić information content (AvgIpc) is 2.27. The van der Waals surface area contributed by atoms with Crippen molar-refractivity contribution < 1.29 is 14.3 Å². The summed E-state index contributed by atoms with van der Waals surface area (Å²) in [6.45, 7) is 0.379. The molecule has 0 saturated heterocycles. The Morgan fingerprint density at radius 1 is 1.60 bits per heavy atom. The molecule has 1 aromatic carbocycles. The van der Waals surface area contributed by atoms with Gasteiger partial charge in [-0.25, -0.2) is 0 Å². The predicted octanol–water partition coefficient (Wildman–Crippen LogP) is 0.993. The van der Waals surface area contributed by atoms with E-state index in [4.69, 9.17) is 10.5 Å². The lowest BCUT2D eigenvalue weighted by molar-refractivity contribution is -0.146. The molecule has 2 rings (SSSR count). The van der Waals surface area contributed by atoms with Crippen molar-refractivity contribution in [3.63, 3.8) is 0 Å². The first kappa shape index (κ1) is 9.83. The smallest absolute Gasteiger partial charge is 0.312 e. The van der Waals surface area contributed by atoms with Crippen LogP contribution >= 0.6 is 0 Å². The molecule has 0 radical (unpaired) electrons. The van der Waals surface area contributed by atoms with E-state index in [0.29, 0.717) is 18.7 Å². The van der Waals surface area contributed by atoms with Crippen molar-refractivity contribution in [3.8, 4) is 5.75 Å². The van der Waals surface area contributed by atoms with Gasteiger partial charge in [-0.05, 0) is 30.2 Å². The first-order chi connectivity index (χ1) is 7.20. The van der Waals surface area contributed by atoms with Crippen LogP contribution in [0.2, 0.25) is 0 Å². The van der Waals surface area contributed by atoms with E-state index in [2.05, 4.69) is 4.74 Å². The van der Waals surface area contributed by atoms with E-state index in [9.17, 15) is 4.79 Å². The number of nitrogen functional groups attached to an aromatic ring is 1. The SMILES string of the molecule is COC(=O)C1COc2ccc(N)cc2C1. The Balaban J connectivity index is 2.22. The molecule has 0 spiro atoms. The van der Waals surface area contributed by atoms with Gasteiger partial charge in [0.1, 0.15) is 12.4 Å². The minimum absolute atomic E-state index is 0.218. The number of esters is 1. The number of benzene rings is 1. The summed E-state index contributed by atoms with van der Waals surface area (Å²) in [4.78, 5) is 11.3. The molecule has 0 aliphatic carbocycles. The molecule has 1 atom stereocenters. The number of carbonyl (C=O) groups is 1. The van der Waals surface area contributed by atoms with E-state index >= 15 is 0 Å². The van der Waals surface area contributed by atoms with Gasteiger partial charge in [0.15, 0.2) is 0 Å². The Morgan fingerprint density at radius 3 is 3.13 bits per heavy atom. The normalized spacial score (nSPS) is 18.9. The van der Waals surface area contributed by atoms with Crippen molar-refractivity contribution in [3.05, 3.63) is 23.8 Å². The number of anilines is 1. The maximum absolute atomic E-state index is 11.3. The lowest BCUT2D eigenvalue weighted by atomic mass is 9.96. The van der Waals surface area contributed by atoms with Crippen LogP contribution in [0.4, 0.5) is 5.69 Å². The Hall–Kier alpha value is -1.71. The lowest BCUT2D eigenvalue weighted by Gasteiger charge is -2.23. The first-order valence-corrected chi connectivity index (χ1v) is 4.79. The molecule has 2 N–H and O–H groups in total. The van der Waals surface area contributed by atoms with E-state index < -0.39 is 0 Å². The number of hydrogen-bond acceptors (Lipinski definition) is 4. The van der Waals surface area contributed by atoms with Crippen molar-refractivity contribution in [1.82, 2.24) is 0 Å². The van der Waals surface area contributed by atoms with Gasteiger partial charge in [0.2, 0.25) is 0 Å². The first-order valence-electron chi connectivity index (χ1n) is 4.79. The quantitative estimate of drug-likeness (QED) is 0.551. The second kappa shape index (κ2) is 3.81. The number of hydrogen-bond donors (Lipinski definition) is 1. The predicted molar refractivity (Wildman–Crippen MR) is 55.6 cm³/mol. The van der Waals surface area contributed by atoms with Crippen LogP contribution in [0.5, 0.6) is 5.75 Å². The van der Waals surface area contributed by atoms with Crippen LogP contribution in [0.1, 0.15) is 5.56 Å². The molecule has 0 amide bonds. The van der Waals surface area contributed by atoms with E-state index in [0.717, 1.165) is 11.3 Å². The molecule has 1 heterocycles. The molecule has 0 saturated carbocycles. The summed E-state index contributed by atoms with van der Waals surface area (Å²) in [5.74, 6) is 0.358. The van der Waals surface area contributed by atoms with Crippen molar-refractivity contribution in [2.75, 3.05) is 19.5 Å². The van der Waals surface area contributed by atoms with E-state index in [1.165, 1.54) is 7.11 Å². The summed E-state index contributed by atoms with van der Waals surface area (Å²) in [7, 11) is 1.39. The number of fused-ring (bicyclic) bond motifs is 1. The maximum atomic E-state index is 11.3. The third-order valence-corrected chi connectivity index (χ3v) is 2.53. The van der Waals surface area contributed by atoms with Crippen LogP contribution in [0, 0.1) is 5.92 Å². The van der Waals surface area contributed by atoms with Gasteiger partial charge in [-0.15, -0.1) is 0 Å². The maximum Gasteiger partial charge on any atom is 0.312 e. The zero-order valence-electron chi connectivity index (χ0n) is 8.53. The standard InChI is InChI=1S/C11H13NO3/c1-14-11(13)8-4-7-5-9(12)2-3-10(7)15-6-8/h2-3,5,8H,4,6,12H2,1H3. The highest BCUT2D eigenvalue weighted by atomic mass is 16.5. The highest BCUT2D eigenvalue weighted by Gasteiger charge is 2.26. The summed E-state index contributed by atoms with van der Waals surface area (Å²) in [6, 6.07) is 5.46. The Labute approximate surface area is 88.0 Å². The average molecular weight is 207 g/mol. The minimum atomic E-state index is -0.233. The minimum Gasteiger partial charge on any atom is -0.492 e. The van der Waals surface area contributed by atoms with Gasteiger partial charge >= 0.3 is 5.97 Å². The van der Waals surface area contributed by atoms with Crippen LogP contribution in [0.3, 0.4) is 0 Å². The van der Waals surface area contributed by atoms with E-state index in [1.54, 1.807) is 6.07 Å². The fourth-order valence-electron chi connectivity index (χ4n) is 1.73. The zero-order valence-corrected chi connectivity index (χ0v) is 8.53. The van der Waals surface area contributed by atoms with Gasteiger partial charge < -0.3 is 15.2 Å². The number of methoxy groups -OCH3 is 1. The Morgan fingerprint density at radius 2 is 2.40 bits per heavy atom. The summed E-state index contributed by atoms with van der Waals surface area (Å²) in [6.07, 6.45) is 0.632. The molecule has 0 fully saturated rings. The molecule has 0 aromatic heterocycles. The van der Waals surface area contributed by atoms with Gasteiger partial charge in [-0.3, -0.25) is 4.79 Å². The Bertz CT molecular complexity index is 389. The van der Waals surface area contributed by atoms with Crippen LogP contribution in [0.15, 0.2) is 18.2 Å². The fourth-order valence-corrected chi connectivity index (χ4v) is 1.73. The van der Waals surface area contributed by atoms with Crippen LogP contribution in [-0.2, 0) is 16.0 Å². The highest BCUT2D eigenvalue weighted by molar-refractivity contribution is 5.73.